The van der Waals surface area contributed by atoms with Crippen LogP contribution in [0, 0.1) is 5.92 Å². The highest BCUT2D eigenvalue weighted by Gasteiger charge is 2.29. The first-order valence-corrected chi connectivity index (χ1v) is 8.81. The summed E-state index contributed by atoms with van der Waals surface area (Å²) in [7, 11) is 0. The fourth-order valence-corrected chi connectivity index (χ4v) is 2.93. The lowest BCUT2D eigenvalue weighted by Gasteiger charge is -2.26. The maximum absolute atomic E-state index is 12.6. The van der Waals surface area contributed by atoms with Crippen molar-refractivity contribution in [1.82, 2.24) is 10.2 Å². The molecule has 1 aromatic rings. The number of benzene rings is 1. The van der Waals surface area contributed by atoms with Gasteiger partial charge in [-0.1, -0.05) is 26.0 Å². The molecule has 1 N–H and O–H groups in total. The minimum atomic E-state index is -0.446. The van der Waals surface area contributed by atoms with Crippen LogP contribution in [-0.2, 0) is 16.0 Å². The summed E-state index contributed by atoms with van der Waals surface area (Å²) < 4.78 is 5.40. The first kappa shape index (κ1) is 18.3. The molecule has 5 nitrogen and oxygen atoms in total. The van der Waals surface area contributed by atoms with Crippen LogP contribution >= 0.6 is 0 Å². The van der Waals surface area contributed by atoms with E-state index in [2.05, 4.69) is 5.32 Å². The second kappa shape index (κ2) is 8.71. The average molecular weight is 332 g/mol. The Morgan fingerprint density at radius 2 is 1.79 bits per heavy atom. The van der Waals surface area contributed by atoms with Crippen molar-refractivity contribution in [3.05, 3.63) is 29.8 Å². The van der Waals surface area contributed by atoms with Gasteiger partial charge in [-0.05, 0) is 43.4 Å². The molecule has 2 rings (SSSR count). The number of nitrogens with zero attached hydrogens (tertiary/aromatic N) is 1. The lowest BCUT2D eigenvalue weighted by atomic mass is 10.0. The van der Waals surface area contributed by atoms with E-state index in [1.807, 2.05) is 49.9 Å². The maximum atomic E-state index is 12.6. The summed E-state index contributed by atoms with van der Waals surface area (Å²) in [5, 5.41) is 2.92. The van der Waals surface area contributed by atoms with Gasteiger partial charge in [-0.3, -0.25) is 9.59 Å². The largest absolute Gasteiger partial charge is 0.494 e. The summed E-state index contributed by atoms with van der Waals surface area (Å²) in [6, 6.07) is 7.05. The molecular weight excluding hydrogens is 304 g/mol. The second-order valence-corrected chi connectivity index (χ2v) is 6.58. The summed E-state index contributed by atoms with van der Waals surface area (Å²) in [6.07, 6.45) is 2.37. The molecule has 0 spiro atoms. The molecule has 1 fully saturated rings. The molecule has 1 saturated heterocycles. The Morgan fingerprint density at radius 1 is 1.17 bits per heavy atom. The van der Waals surface area contributed by atoms with Crippen LogP contribution in [0.4, 0.5) is 0 Å². The van der Waals surface area contributed by atoms with E-state index >= 15 is 0 Å². The van der Waals surface area contributed by atoms with Crippen molar-refractivity contribution in [1.29, 1.82) is 0 Å². The fourth-order valence-electron chi connectivity index (χ4n) is 2.93. The lowest BCUT2D eigenvalue weighted by Crippen LogP contribution is -2.50. The molecule has 2 amide bonds. The van der Waals surface area contributed by atoms with Crippen LogP contribution in [0.3, 0.4) is 0 Å². The molecule has 5 heteroatoms. The normalized spacial score (nSPS) is 15.4. The third kappa shape index (κ3) is 4.98. The van der Waals surface area contributed by atoms with E-state index in [-0.39, 0.29) is 24.2 Å². The van der Waals surface area contributed by atoms with E-state index in [0.29, 0.717) is 6.61 Å². The highest BCUT2D eigenvalue weighted by Crippen LogP contribution is 2.15. The molecule has 0 radical (unpaired) electrons. The zero-order chi connectivity index (χ0) is 17.5. The van der Waals surface area contributed by atoms with E-state index in [9.17, 15) is 9.59 Å². The number of hydrogen-bond acceptors (Lipinski definition) is 3. The van der Waals surface area contributed by atoms with E-state index in [0.717, 1.165) is 37.2 Å². The van der Waals surface area contributed by atoms with E-state index in [4.69, 9.17) is 4.74 Å². The van der Waals surface area contributed by atoms with Gasteiger partial charge in [-0.15, -0.1) is 0 Å². The topological polar surface area (TPSA) is 58.6 Å². The van der Waals surface area contributed by atoms with Gasteiger partial charge in [0.05, 0.1) is 13.0 Å². The quantitative estimate of drug-likeness (QED) is 0.834. The third-order valence-electron chi connectivity index (χ3n) is 4.27. The summed E-state index contributed by atoms with van der Waals surface area (Å²) in [4.78, 5) is 26.8. The zero-order valence-electron chi connectivity index (χ0n) is 14.9. The molecule has 1 atom stereocenters. The first-order valence-electron chi connectivity index (χ1n) is 8.81. The summed E-state index contributed by atoms with van der Waals surface area (Å²) >= 11 is 0. The van der Waals surface area contributed by atoms with Crippen LogP contribution in [0.15, 0.2) is 24.3 Å². The van der Waals surface area contributed by atoms with Gasteiger partial charge < -0.3 is 15.0 Å². The van der Waals surface area contributed by atoms with Gasteiger partial charge in [0.15, 0.2) is 0 Å². The smallest absolute Gasteiger partial charge is 0.245 e. The number of carbonyl (C=O) groups excluding carboxylic acids is 2. The average Bonchev–Trinajstić information content (AvgIpc) is 3.08. The molecule has 1 aliphatic heterocycles. The predicted molar refractivity (Wildman–Crippen MR) is 93.9 cm³/mol. The van der Waals surface area contributed by atoms with Crippen LogP contribution < -0.4 is 10.1 Å². The first-order chi connectivity index (χ1) is 11.5. The van der Waals surface area contributed by atoms with Crippen LogP contribution in [0.25, 0.3) is 0 Å². The molecule has 1 aromatic carbocycles. The standard InChI is InChI=1S/C19H28N2O3/c1-4-24-16-9-7-15(8-10-16)13-17(22)20-18(14(2)3)19(23)21-11-5-6-12-21/h7-10,14,18H,4-6,11-13H2,1-3H3,(H,20,22)/t18-/m1/s1. The zero-order valence-corrected chi connectivity index (χ0v) is 14.9. The van der Waals surface area contributed by atoms with Crippen molar-refractivity contribution in [3.8, 4) is 5.75 Å². The monoisotopic (exact) mass is 332 g/mol. The molecule has 1 heterocycles. The lowest BCUT2D eigenvalue weighted by molar-refractivity contribution is -0.136. The van der Waals surface area contributed by atoms with Crippen molar-refractivity contribution in [2.45, 2.75) is 46.1 Å². The van der Waals surface area contributed by atoms with Crippen LogP contribution in [-0.4, -0.2) is 42.5 Å². The second-order valence-electron chi connectivity index (χ2n) is 6.58. The summed E-state index contributed by atoms with van der Waals surface area (Å²) in [5.41, 5.74) is 0.909. The number of likely N-dealkylation sites (tertiary alicyclic amines) is 1. The Hall–Kier alpha value is -2.04. The van der Waals surface area contributed by atoms with Crippen LogP contribution in [0.5, 0.6) is 5.75 Å². The van der Waals surface area contributed by atoms with Crippen molar-refractivity contribution in [2.75, 3.05) is 19.7 Å². The van der Waals surface area contributed by atoms with E-state index in [1.165, 1.54) is 0 Å². The van der Waals surface area contributed by atoms with Gasteiger partial charge in [0.1, 0.15) is 11.8 Å². The van der Waals surface area contributed by atoms with Gasteiger partial charge >= 0.3 is 0 Å². The van der Waals surface area contributed by atoms with Gasteiger partial charge in [0.2, 0.25) is 11.8 Å². The number of amides is 2. The van der Waals surface area contributed by atoms with Crippen molar-refractivity contribution in [3.63, 3.8) is 0 Å². The van der Waals surface area contributed by atoms with Crippen molar-refractivity contribution >= 4 is 11.8 Å². The molecule has 1 aliphatic rings. The summed E-state index contributed by atoms with van der Waals surface area (Å²) in [5.74, 6) is 0.793. The molecule has 0 saturated carbocycles. The van der Waals surface area contributed by atoms with E-state index in [1.54, 1.807) is 0 Å². The Morgan fingerprint density at radius 3 is 2.33 bits per heavy atom. The van der Waals surface area contributed by atoms with Crippen LogP contribution in [0.2, 0.25) is 0 Å². The van der Waals surface area contributed by atoms with Crippen molar-refractivity contribution in [2.24, 2.45) is 5.92 Å². The number of nitrogens with one attached hydrogen (secondary N) is 1. The molecule has 0 aliphatic carbocycles. The van der Waals surface area contributed by atoms with Crippen molar-refractivity contribution < 1.29 is 14.3 Å². The molecule has 24 heavy (non-hydrogen) atoms. The third-order valence-corrected chi connectivity index (χ3v) is 4.27. The fraction of sp³-hybridized carbons (Fsp3) is 0.579. The highest BCUT2D eigenvalue weighted by molar-refractivity contribution is 5.88. The SMILES string of the molecule is CCOc1ccc(CC(=O)N[C@@H](C(=O)N2CCCC2)C(C)C)cc1. The Balaban J connectivity index is 1.93. The molecular formula is C19H28N2O3. The van der Waals surface area contributed by atoms with E-state index < -0.39 is 6.04 Å². The Labute approximate surface area is 144 Å². The van der Waals surface area contributed by atoms with Gasteiger partial charge in [0, 0.05) is 13.1 Å². The molecule has 132 valence electrons. The minimum Gasteiger partial charge on any atom is -0.494 e. The Bertz CT molecular complexity index is 548. The Kier molecular flexibility index (Phi) is 6.64. The van der Waals surface area contributed by atoms with Crippen LogP contribution in [0.1, 0.15) is 39.2 Å². The molecule has 0 bridgehead atoms. The molecule has 0 aromatic heterocycles. The number of ether oxygens (including phenoxy) is 1. The maximum Gasteiger partial charge on any atom is 0.245 e. The van der Waals surface area contributed by atoms with Gasteiger partial charge in [-0.25, -0.2) is 0 Å². The predicted octanol–water partition coefficient (Wildman–Crippen LogP) is 2.39. The summed E-state index contributed by atoms with van der Waals surface area (Å²) in [6.45, 7) is 8.10. The highest BCUT2D eigenvalue weighted by atomic mass is 16.5. The number of rotatable bonds is 7. The molecule has 0 unspecified atom stereocenters. The van der Waals surface area contributed by atoms with Gasteiger partial charge in [-0.2, -0.15) is 0 Å². The number of carbonyl (C=O) groups is 2. The number of hydrogen-bond donors (Lipinski definition) is 1. The minimum absolute atomic E-state index is 0.0440. The van der Waals surface area contributed by atoms with Gasteiger partial charge in [0.25, 0.3) is 0 Å².